The Morgan fingerprint density at radius 1 is 1.21 bits per heavy atom. The van der Waals surface area contributed by atoms with Gasteiger partial charge in [0.2, 0.25) is 0 Å². The summed E-state index contributed by atoms with van der Waals surface area (Å²) in [6, 6.07) is 2.06. The van der Waals surface area contributed by atoms with Crippen molar-refractivity contribution in [2.45, 2.75) is 6.18 Å². The predicted molar refractivity (Wildman–Crippen MR) is 65.0 cm³/mol. The van der Waals surface area contributed by atoms with Crippen molar-refractivity contribution in [3.05, 3.63) is 23.9 Å². The molecule has 1 aliphatic heterocycles. The van der Waals surface area contributed by atoms with Crippen LogP contribution in [-0.2, 0) is 6.18 Å². The summed E-state index contributed by atoms with van der Waals surface area (Å²) < 4.78 is 37.8. The van der Waals surface area contributed by atoms with Crippen LogP contribution in [0.15, 0.2) is 18.3 Å². The van der Waals surface area contributed by atoms with Gasteiger partial charge in [0.05, 0.1) is 12.2 Å². The summed E-state index contributed by atoms with van der Waals surface area (Å²) in [7, 11) is 0. The Hall–Kier alpha value is -1.34. The maximum absolute atomic E-state index is 12.6. The smallest absolute Gasteiger partial charge is 0.395 e. The van der Waals surface area contributed by atoms with Crippen molar-refractivity contribution in [1.29, 1.82) is 0 Å². The quantitative estimate of drug-likeness (QED) is 0.900. The number of aliphatic hydroxyl groups excluding tert-OH is 1. The molecule has 106 valence electrons. The van der Waals surface area contributed by atoms with E-state index >= 15 is 0 Å². The molecule has 0 atom stereocenters. The van der Waals surface area contributed by atoms with Crippen LogP contribution in [0.5, 0.6) is 0 Å². The molecule has 1 aromatic heterocycles. The van der Waals surface area contributed by atoms with Crippen molar-refractivity contribution < 1.29 is 18.3 Å². The number of halogens is 3. The SMILES string of the molecule is OCCN1CCN(c2cc(C(F)(F)F)ccn2)CC1. The van der Waals surface area contributed by atoms with Crippen LogP contribution in [0, 0.1) is 0 Å². The highest BCUT2D eigenvalue weighted by atomic mass is 19.4. The van der Waals surface area contributed by atoms with Gasteiger partial charge in [-0.3, -0.25) is 4.90 Å². The second-order valence-corrected chi connectivity index (χ2v) is 4.45. The molecule has 0 bridgehead atoms. The van der Waals surface area contributed by atoms with E-state index in [2.05, 4.69) is 9.88 Å². The summed E-state index contributed by atoms with van der Waals surface area (Å²) in [5.74, 6) is 0.360. The zero-order valence-corrected chi connectivity index (χ0v) is 10.4. The zero-order valence-electron chi connectivity index (χ0n) is 10.4. The molecule has 0 unspecified atom stereocenters. The third kappa shape index (κ3) is 3.57. The molecule has 7 heteroatoms. The van der Waals surface area contributed by atoms with Gasteiger partial charge in [-0.05, 0) is 12.1 Å². The second kappa shape index (κ2) is 5.75. The summed E-state index contributed by atoms with van der Waals surface area (Å²) in [4.78, 5) is 7.92. The molecule has 19 heavy (non-hydrogen) atoms. The molecule has 1 aliphatic rings. The van der Waals surface area contributed by atoms with E-state index in [9.17, 15) is 13.2 Å². The van der Waals surface area contributed by atoms with Crippen LogP contribution in [0.2, 0.25) is 0 Å². The van der Waals surface area contributed by atoms with Gasteiger partial charge in [-0.25, -0.2) is 4.98 Å². The number of anilines is 1. The van der Waals surface area contributed by atoms with Crippen LogP contribution in [0.4, 0.5) is 19.0 Å². The number of alkyl halides is 3. The van der Waals surface area contributed by atoms with Gasteiger partial charge in [0.25, 0.3) is 0 Å². The molecule has 0 aromatic carbocycles. The topological polar surface area (TPSA) is 39.6 Å². The Balaban J connectivity index is 2.03. The highest BCUT2D eigenvalue weighted by Gasteiger charge is 2.31. The van der Waals surface area contributed by atoms with Crippen LogP contribution in [0.25, 0.3) is 0 Å². The maximum Gasteiger partial charge on any atom is 0.416 e. The van der Waals surface area contributed by atoms with Crippen LogP contribution in [0.1, 0.15) is 5.56 Å². The normalized spacial score (nSPS) is 17.8. The van der Waals surface area contributed by atoms with E-state index in [0.29, 0.717) is 25.5 Å². The molecule has 0 spiro atoms. The lowest BCUT2D eigenvalue weighted by Gasteiger charge is -2.35. The van der Waals surface area contributed by atoms with E-state index in [0.717, 1.165) is 25.2 Å². The second-order valence-electron chi connectivity index (χ2n) is 4.45. The highest BCUT2D eigenvalue weighted by molar-refractivity contribution is 5.42. The molecular weight excluding hydrogens is 259 g/mol. The first-order valence-electron chi connectivity index (χ1n) is 6.12. The summed E-state index contributed by atoms with van der Waals surface area (Å²) in [5.41, 5.74) is -0.671. The highest BCUT2D eigenvalue weighted by Crippen LogP contribution is 2.30. The maximum atomic E-state index is 12.6. The first kappa shape index (κ1) is 14.1. The number of nitrogens with zero attached hydrogens (tertiary/aromatic N) is 3. The Morgan fingerprint density at radius 2 is 1.89 bits per heavy atom. The molecule has 0 saturated carbocycles. The molecule has 1 aromatic rings. The van der Waals surface area contributed by atoms with Gasteiger partial charge in [0.1, 0.15) is 5.82 Å². The number of piperazine rings is 1. The molecule has 1 N–H and O–H groups in total. The van der Waals surface area contributed by atoms with E-state index in [1.807, 2.05) is 4.90 Å². The molecule has 0 radical (unpaired) electrons. The largest absolute Gasteiger partial charge is 0.416 e. The minimum Gasteiger partial charge on any atom is -0.395 e. The number of rotatable bonds is 3. The van der Waals surface area contributed by atoms with E-state index in [4.69, 9.17) is 5.11 Å². The number of pyridine rings is 1. The van der Waals surface area contributed by atoms with Crippen LogP contribution in [0.3, 0.4) is 0 Å². The Morgan fingerprint density at radius 3 is 2.47 bits per heavy atom. The Kier molecular flexibility index (Phi) is 4.26. The van der Waals surface area contributed by atoms with E-state index < -0.39 is 11.7 Å². The molecule has 1 fully saturated rings. The van der Waals surface area contributed by atoms with Gasteiger partial charge in [-0.2, -0.15) is 13.2 Å². The first-order chi connectivity index (χ1) is 9.00. The van der Waals surface area contributed by atoms with E-state index in [1.54, 1.807) is 0 Å². The van der Waals surface area contributed by atoms with Gasteiger partial charge >= 0.3 is 6.18 Å². The van der Waals surface area contributed by atoms with E-state index in [-0.39, 0.29) is 6.61 Å². The third-order valence-corrected chi connectivity index (χ3v) is 3.19. The van der Waals surface area contributed by atoms with Crippen LogP contribution < -0.4 is 4.90 Å². The van der Waals surface area contributed by atoms with E-state index in [1.165, 1.54) is 6.20 Å². The fourth-order valence-corrected chi connectivity index (χ4v) is 2.11. The summed E-state index contributed by atoms with van der Waals surface area (Å²) in [5, 5.41) is 8.83. The average Bonchev–Trinajstić information content (AvgIpc) is 2.39. The minimum atomic E-state index is -4.34. The summed E-state index contributed by atoms with van der Waals surface area (Å²) in [6.07, 6.45) is -3.14. The Bertz CT molecular complexity index is 417. The third-order valence-electron chi connectivity index (χ3n) is 3.19. The van der Waals surface area contributed by atoms with Gasteiger partial charge in [-0.1, -0.05) is 0 Å². The lowest BCUT2D eigenvalue weighted by Crippen LogP contribution is -2.47. The first-order valence-corrected chi connectivity index (χ1v) is 6.12. The average molecular weight is 275 g/mol. The predicted octanol–water partition coefficient (Wildman–Crippen LogP) is 1.21. The fourth-order valence-electron chi connectivity index (χ4n) is 2.11. The number of hydrogen-bond acceptors (Lipinski definition) is 4. The lowest BCUT2D eigenvalue weighted by molar-refractivity contribution is -0.137. The standard InChI is InChI=1S/C12H16F3N3O/c13-12(14,15)10-1-2-16-11(9-10)18-5-3-17(4-6-18)7-8-19/h1-2,9,19H,3-8H2. The number of aromatic nitrogens is 1. The monoisotopic (exact) mass is 275 g/mol. The van der Waals surface area contributed by atoms with Gasteiger partial charge in [0.15, 0.2) is 0 Å². The summed E-state index contributed by atoms with van der Waals surface area (Å²) in [6.45, 7) is 3.38. The van der Waals surface area contributed by atoms with Crippen LogP contribution in [-0.4, -0.2) is 54.3 Å². The molecule has 2 rings (SSSR count). The van der Waals surface area contributed by atoms with Crippen LogP contribution >= 0.6 is 0 Å². The molecule has 0 aliphatic carbocycles. The minimum absolute atomic E-state index is 0.0990. The lowest BCUT2D eigenvalue weighted by atomic mass is 10.2. The summed E-state index contributed by atoms with van der Waals surface area (Å²) >= 11 is 0. The van der Waals surface area contributed by atoms with Crippen molar-refractivity contribution in [3.63, 3.8) is 0 Å². The Labute approximate surface area is 109 Å². The van der Waals surface area contributed by atoms with Gasteiger partial charge in [0, 0.05) is 38.9 Å². The molecule has 0 amide bonds. The van der Waals surface area contributed by atoms with Crippen molar-refractivity contribution in [2.24, 2.45) is 0 Å². The number of β-amino-alcohol motifs (C(OH)–C–C–N with tert-alkyl or cyclic N) is 1. The number of hydrogen-bond donors (Lipinski definition) is 1. The molecular formula is C12H16F3N3O. The molecule has 1 saturated heterocycles. The number of aliphatic hydroxyl groups is 1. The van der Waals surface area contributed by atoms with Gasteiger partial charge < -0.3 is 10.0 Å². The van der Waals surface area contributed by atoms with Gasteiger partial charge in [-0.15, -0.1) is 0 Å². The van der Waals surface area contributed by atoms with Crippen molar-refractivity contribution in [1.82, 2.24) is 9.88 Å². The zero-order chi connectivity index (χ0) is 13.9. The van der Waals surface area contributed by atoms with Crippen molar-refractivity contribution >= 4 is 5.82 Å². The molecule has 2 heterocycles. The fraction of sp³-hybridized carbons (Fsp3) is 0.583. The molecule has 4 nitrogen and oxygen atoms in total. The van der Waals surface area contributed by atoms with Crippen molar-refractivity contribution in [2.75, 3.05) is 44.2 Å². The van der Waals surface area contributed by atoms with Crippen molar-refractivity contribution in [3.8, 4) is 0 Å².